The maximum atomic E-state index is 15.3. The lowest BCUT2D eigenvalue weighted by Crippen LogP contribution is -2.63. The van der Waals surface area contributed by atoms with Gasteiger partial charge >= 0.3 is 0 Å². The van der Waals surface area contributed by atoms with Gasteiger partial charge in [0.2, 0.25) is 47.3 Å². The Balaban J connectivity index is 4.47. The number of amides is 8. The summed E-state index contributed by atoms with van der Waals surface area (Å²) in [7, 11) is 13.7. The number of allylic oxidation sites excluding steroid dienone is 2. The highest BCUT2D eigenvalue weighted by Gasteiger charge is 2.46. The number of rotatable bonds is 19. The molecule has 1 heterocycles. The minimum Gasteiger partial charge on any atom is -0.390 e. The Hall–Kier alpha value is -5.61. The van der Waals surface area contributed by atoms with E-state index >= 15 is 24.0 Å². The summed E-state index contributed by atoms with van der Waals surface area (Å²) in [4.78, 5) is 175. The molecule has 0 bridgehead atoms. The lowest BCUT2D eigenvalue weighted by Gasteiger charge is -2.41. The maximum Gasteiger partial charge on any atom is 0.246 e. The number of likely N-dealkylation sites (N-methyl/N-ethyl adjacent to an activating group) is 8. The van der Waals surface area contributed by atoms with Gasteiger partial charge in [0.15, 0.2) is 11.6 Å². The SMILES string of the molecule is C/C=C/C[C@@H](C)[C@@H](O)[C@H]1C(=O)N[C@@H](CC)C(=O)N(C)[C@H](C)C(=O)N(C)[C@@H]([C@H](C)CN(C)CCOC)C(=O)C[C@@H](C(C)C)C(=O)N(C)[C@@H](CC(C)C)C(=O)C[C@@H](C)C(=O)C[C@H](C)C(=O)N(C)[C@@H](CC(C)C)C(=O)N(C)[C@@H](CC(C)C)C(=O)N(C)[C@@H](C(C)C)C(=O)N1C. The number of nitrogens with one attached hydrogen (secondary N) is 1. The molecule has 0 unspecified atom stereocenters. The average Bonchev–Trinajstić information content (AvgIpc) is 1.17. The molecule has 1 fully saturated rings. The van der Waals surface area contributed by atoms with Gasteiger partial charge in [0.1, 0.15) is 42.0 Å². The van der Waals surface area contributed by atoms with Crippen LogP contribution in [0.5, 0.6) is 0 Å². The zero-order chi connectivity index (χ0) is 70.5. The fourth-order valence-corrected chi connectivity index (χ4v) is 12.5. The van der Waals surface area contributed by atoms with Crippen LogP contribution in [0.3, 0.4) is 0 Å². The van der Waals surface area contributed by atoms with Gasteiger partial charge in [0.05, 0.1) is 24.8 Å². The van der Waals surface area contributed by atoms with E-state index in [-0.39, 0.29) is 74.3 Å². The van der Waals surface area contributed by atoms with Crippen molar-refractivity contribution in [3.05, 3.63) is 12.2 Å². The second kappa shape index (κ2) is 38.5. The highest BCUT2D eigenvalue weighted by molar-refractivity contribution is 6.00. The van der Waals surface area contributed by atoms with Gasteiger partial charge in [-0.05, 0) is 94.4 Å². The molecular formula is C69H123N9O13. The Morgan fingerprint density at radius 1 is 0.538 bits per heavy atom. The summed E-state index contributed by atoms with van der Waals surface area (Å²) >= 11 is 0. The van der Waals surface area contributed by atoms with E-state index in [0.717, 1.165) is 4.90 Å². The number of ether oxygens (including phenoxy) is 1. The number of hydrogen-bond donors (Lipinski definition) is 2. The van der Waals surface area contributed by atoms with E-state index in [1.54, 1.807) is 54.7 Å². The summed E-state index contributed by atoms with van der Waals surface area (Å²) in [5.74, 6) is -11.4. The van der Waals surface area contributed by atoms with Crippen molar-refractivity contribution < 1.29 is 62.6 Å². The van der Waals surface area contributed by atoms with Crippen LogP contribution in [0.1, 0.15) is 169 Å². The fourth-order valence-electron chi connectivity index (χ4n) is 12.5. The highest BCUT2D eigenvalue weighted by Crippen LogP contribution is 2.30. The number of aliphatic hydroxyl groups excluding tert-OH is 1. The number of carbonyl (C=O) groups is 11. The van der Waals surface area contributed by atoms with E-state index < -0.39 is 149 Å². The van der Waals surface area contributed by atoms with Crippen molar-refractivity contribution in [1.29, 1.82) is 0 Å². The van der Waals surface area contributed by atoms with Crippen LogP contribution in [-0.4, -0.2) is 247 Å². The van der Waals surface area contributed by atoms with Crippen LogP contribution in [-0.2, 0) is 57.5 Å². The summed E-state index contributed by atoms with van der Waals surface area (Å²) in [6, 6.07) is -9.71. The number of ketones is 3. The molecule has 2 N–H and O–H groups in total. The van der Waals surface area contributed by atoms with Gasteiger partial charge < -0.3 is 54.4 Å². The standard InChI is InChI=1S/C69H123N9O13/c1-27-29-30-45(13)61(82)60-62(83)70-51(28-2)66(87)72(19)49(17)64(85)77(24)59(48(16)39-71(18)31-32-91-26)57(81)38-50(43(9)10)65(86)73(20)52(33-40(3)4)56(80)36-46(14)55(79)37-47(15)63(84)74(21)53(34-41(5)6)67(88)75(22)54(35-42(7)8)68(89)76(23)58(44(11)12)69(90)78(60)25/h27,29,40-54,58-61,82H,28,30-39H2,1-26H3,(H,70,83)/b29-27+/t45-,46-,47+,48-,49-,50+,51+,52+,53+,54+,58+,59+,60+,61-/m1/s1. The first-order chi connectivity index (χ1) is 42.1. The molecule has 1 rings (SSSR count). The molecule has 0 aromatic carbocycles. The van der Waals surface area contributed by atoms with Gasteiger partial charge in [0.25, 0.3) is 0 Å². The first kappa shape index (κ1) is 83.4. The second-order valence-electron chi connectivity index (χ2n) is 28.5. The molecule has 0 aromatic rings. The predicted octanol–water partition coefficient (Wildman–Crippen LogP) is 6.10. The Kier molecular flexibility index (Phi) is 35.3. The van der Waals surface area contributed by atoms with Gasteiger partial charge in [-0.2, -0.15) is 0 Å². The summed E-state index contributed by atoms with van der Waals surface area (Å²) in [5.41, 5.74) is 0. The zero-order valence-corrected chi connectivity index (χ0v) is 60.8. The Bertz CT molecular complexity index is 2470. The lowest BCUT2D eigenvalue weighted by atomic mass is 9.83. The van der Waals surface area contributed by atoms with Gasteiger partial charge in [-0.3, -0.25) is 52.7 Å². The molecule has 22 nitrogen and oxygen atoms in total. The maximum absolute atomic E-state index is 15.3. The summed E-state index contributed by atoms with van der Waals surface area (Å²) in [5, 5.41) is 15.0. The van der Waals surface area contributed by atoms with E-state index in [2.05, 4.69) is 5.32 Å². The van der Waals surface area contributed by atoms with E-state index in [9.17, 15) is 33.9 Å². The van der Waals surface area contributed by atoms with Crippen LogP contribution in [0, 0.1) is 59.2 Å². The number of methoxy groups -OCH3 is 1. The summed E-state index contributed by atoms with van der Waals surface area (Å²) in [6.07, 6.45) is 2.24. The lowest BCUT2D eigenvalue weighted by molar-refractivity contribution is -0.157. The van der Waals surface area contributed by atoms with E-state index in [1.807, 2.05) is 87.3 Å². The van der Waals surface area contributed by atoms with Gasteiger partial charge in [-0.15, -0.1) is 0 Å². The molecule has 0 spiro atoms. The quantitative estimate of drug-likeness (QED) is 0.139. The van der Waals surface area contributed by atoms with Crippen LogP contribution >= 0.6 is 0 Å². The number of aliphatic hydroxyl groups is 1. The minimum atomic E-state index is -1.62. The van der Waals surface area contributed by atoms with Gasteiger partial charge in [-0.1, -0.05) is 116 Å². The molecule has 1 aliphatic heterocycles. The summed E-state index contributed by atoms with van der Waals surface area (Å²) in [6.45, 7) is 31.5. The number of nitrogens with zero attached hydrogens (tertiary/aromatic N) is 8. The van der Waals surface area contributed by atoms with Crippen LogP contribution in [0.25, 0.3) is 0 Å². The minimum absolute atomic E-state index is 0.0163. The molecule has 22 heteroatoms. The molecule has 0 aromatic heterocycles. The molecule has 0 radical (unpaired) electrons. The van der Waals surface area contributed by atoms with E-state index in [1.165, 1.54) is 85.7 Å². The third-order valence-corrected chi connectivity index (χ3v) is 18.6. The number of Topliss-reactive ketones (excluding diaryl/α,β-unsaturated/α-hetero) is 3. The number of hydrogen-bond acceptors (Lipinski definition) is 14. The first-order valence-electron chi connectivity index (χ1n) is 33.3. The average molecular weight is 1290 g/mol. The Morgan fingerprint density at radius 2 is 1.00 bits per heavy atom. The second-order valence-corrected chi connectivity index (χ2v) is 28.5. The van der Waals surface area contributed by atoms with E-state index in [4.69, 9.17) is 4.74 Å². The summed E-state index contributed by atoms with van der Waals surface area (Å²) < 4.78 is 5.33. The molecule has 1 aliphatic rings. The molecule has 91 heavy (non-hydrogen) atoms. The Morgan fingerprint density at radius 3 is 1.47 bits per heavy atom. The van der Waals surface area contributed by atoms with Gasteiger partial charge in [0, 0.05) is 107 Å². The monoisotopic (exact) mass is 1290 g/mol. The molecule has 522 valence electrons. The third kappa shape index (κ3) is 23.4. The molecule has 0 aliphatic carbocycles. The van der Waals surface area contributed by atoms with Crippen LogP contribution in [0.2, 0.25) is 0 Å². The van der Waals surface area contributed by atoms with Crippen LogP contribution in [0.4, 0.5) is 0 Å². The zero-order valence-electron chi connectivity index (χ0n) is 60.8. The van der Waals surface area contributed by atoms with Crippen LogP contribution in [0.15, 0.2) is 12.2 Å². The molecule has 14 atom stereocenters. The van der Waals surface area contributed by atoms with Crippen molar-refractivity contribution in [3.63, 3.8) is 0 Å². The normalized spacial score (nSPS) is 27.4. The number of carbonyl (C=O) groups excluding carboxylic acids is 11. The highest BCUT2D eigenvalue weighted by atomic mass is 16.5. The van der Waals surface area contributed by atoms with Gasteiger partial charge in [-0.25, -0.2) is 0 Å². The molecule has 0 saturated carbocycles. The largest absolute Gasteiger partial charge is 0.390 e. The topological polar surface area (TPSA) is 255 Å². The third-order valence-electron chi connectivity index (χ3n) is 18.6. The molecule has 1 saturated heterocycles. The smallest absolute Gasteiger partial charge is 0.246 e. The molecule has 8 amide bonds. The first-order valence-corrected chi connectivity index (χ1v) is 33.3. The van der Waals surface area contributed by atoms with Crippen molar-refractivity contribution in [2.24, 2.45) is 59.2 Å². The predicted molar refractivity (Wildman–Crippen MR) is 356 cm³/mol. The van der Waals surface area contributed by atoms with Crippen LogP contribution < -0.4 is 5.32 Å². The fraction of sp³-hybridized carbons (Fsp3) is 0.812. The van der Waals surface area contributed by atoms with Crippen molar-refractivity contribution in [3.8, 4) is 0 Å². The van der Waals surface area contributed by atoms with Crippen molar-refractivity contribution in [2.75, 3.05) is 83.2 Å². The Labute approximate surface area is 547 Å². The molecular weight excluding hydrogens is 1160 g/mol. The van der Waals surface area contributed by atoms with Crippen molar-refractivity contribution in [2.45, 2.75) is 224 Å². The van der Waals surface area contributed by atoms with Crippen molar-refractivity contribution >= 4 is 64.6 Å². The van der Waals surface area contributed by atoms with Crippen molar-refractivity contribution in [1.82, 2.24) is 44.5 Å². The van der Waals surface area contributed by atoms with E-state index in [0.29, 0.717) is 26.1 Å².